The van der Waals surface area contributed by atoms with E-state index in [2.05, 4.69) is 5.32 Å². The molecule has 2 rings (SSSR count). The minimum Gasteiger partial charge on any atom is -0.359 e. The van der Waals surface area contributed by atoms with Gasteiger partial charge in [0.1, 0.15) is 0 Å². The standard InChI is InChI=1S/C17H26N2O3S/c1-18-17(20)12-6-5-10-16-11-7-13-19(16)23(21,22)14-15-8-3-2-4-9-15/h2-4,8-9,16H,5-7,10-14H2,1H3,(H,18,20). The van der Waals surface area contributed by atoms with Crippen molar-refractivity contribution < 1.29 is 13.2 Å². The van der Waals surface area contributed by atoms with E-state index in [1.54, 1.807) is 11.4 Å². The predicted molar refractivity (Wildman–Crippen MR) is 91.3 cm³/mol. The number of rotatable bonds is 8. The Labute approximate surface area is 139 Å². The van der Waals surface area contributed by atoms with Gasteiger partial charge in [-0.1, -0.05) is 36.8 Å². The van der Waals surface area contributed by atoms with Crippen molar-refractivity contribution in [3.05, 3.63) is 35.9 Å². The Balaban J connectivity index is 1.88. The third kappa shape index (κ3) is 5.32. The number of benzene rings is 1. The maximum absolute atomic E-state index is 12.7. The van der Waals surface area contributed by atoms with Crippen LogP contribution in [0.4, 0.5) is 0 Å². The summed E-state index contributed by atoms with van der Waals surface area (Å²) in [6.07, 6.45) is 4.89. The van der Waals surface area contributed by atoms with E-state index < -0.39 is 10.0 Å². The molecule has 23 heavy (non-hydrogen) atoms. The molecule has 5 nitrogen and oxygen atoms in total. The Kier molecular flexibility index (Phi) is 6.59. The molecule has 1 amide bonds. The van der Waals surface area contributed by atoms with Crippen molar-refractivity contribution in [2.24, 2.45) is 0 Å². The van der Waals surface area contributed by atoms with E-state index in [0.29, 0.717) is 13.0 Å². The van der Waals surface area contributed by atoms with Gasteiger partial charge in [0.15, 0.2) is 0 Å². The summed E-state index contributed by atoms with van der Waals surface area (Å²) in [5.41, 5.74) is 0.831. The summed E-state index contributed by atoms with van der Waals surface area (Å²) < 4.78 is 27.0. The number of nitrogens with one attached hydrogen (secondary N) is 1. The second-order valence-corrected chi connectivity index (χ2v) is 7.99. The number of hydrogen-bond acceptors (Lipinski definition) is 3. The third-order valence-corrected chi connectivity index (χ3v) is 6.24. The average molecular weight is 338 g/mol. The molecule has 0 saturated carbocycles. The lowest BCUT2D eigenvalue weighted by Gasteiger charge is -2.24. The van der Waals surface area contributed by atoms with Crippen LogP contribution < -0.4 is 5.32 Å². The minimum absolute atomic E-state index is 0.0463. The first-order chi connectivity index (χ1) is 11.0. The third-order valence-electron chi connectivity index (χ3n) is 4.34. The lowest BCUT2D eigenvalue weighted by atomic mass is 10.1. The summed E-state index contributed by atoms with van der Waals surface area (Å²) in [5, 5.41) is 2.61. The van der Waals surface area contributed by atoms with Crippen LogP contribution in [0.1, 0.15) is 44.1 Å². The molecule has 1 saturated heterocycles. The molecule has 0 spiro atoms. The molecule has 1 fully saturated rings. The summed E-state index contributed by atoms with van der Waals surface area (Å²) in [6, 6.07) is 9.42. The van der Waals surface area contributed by atoms with Crippen LogP contribution in [0.5, 0.6) is 0 Å². The normalized spacial score (nSPS) is 18.9. The second-order valence-electron chi connectivity index (χ2n) is 6.07. The van der Waals surface area contributed by atoms with Crippen LogP contribution in [-0.4, -0.2) is 38.3 Å². The Morgan fingerprint density at radius 1 is 1.26 bits per heavy atom. The van der Waals surface area contributed by atoms with Crippen LogP contribution in [0.15, 0.2) is 30.3 Å². The molecule has 6 heteroatoms. The highest BCUT2D eigenvalue weighted by Gasteiger charge is 2.33. The van der Waals surface area contributed by atoms with Gasteiger partial charge in [0.05, 0.1) is 5.75 Å². The Morgan fingerprint density at radius 2 is 2.00 bits per heavy atom. The maximum Gasteiger partial charge on any atom is 0.219 e. The van der Waals surface area contributed by atoms with Crippen molar-refractivity contribution in [2.75, 3.05) is 13.6 Å². The summed E-state index contributed by atoms with van der Waals surface area (Å²) in [7, 11) is -1.63. The summed E-state index contributed by atoms with van der Waals surface area (Å²) >= 11 is 0. The van der Waals surface area contributed by atoms with Crippen LogP contribution in [0.25, 0.3) is 0 Å². The largest absolute Gasteiger partial charge is 0.359 e. The molecule has 1 aliphatic rings. The topological polar surface area (TPSA) is 66.5 Å². The van der Waals surface area contributed by atoms with Crippen LogP contribution in [-0.2, 0) is 20.6 Å². The molecule has 1 aromatic carbocycles. The van der Waals surface area contributed by atoms with E-state index in [9.17, 15) is 13.2 Å². The first kappa shape index (κ1) is 17.9. The molecule has 0 bridgehead atoms. The zero-order chi connectivity index (χ0) is 16.7. The zero-order valence-corrected chi connectivity index (χ0v) is 14.5. The fourth-order valence-electron chi connectivity index (χ4n) is 3.12. The van der Waals surface area contributed by atoms with Crippen LogP contribution in [0.2, 0.25) is 0 Å². The monoisotopic (exact) mass is 338 g/mol. The number of nitrogens with zero attached hydrogens (tertiary/aromatic N) is 1. The molecule has 0 aliphatic carbocycles. The average Bonchev–Trinajstić information content (AvgIpc) is 3.01. The molecule has 1 heterocycles. The van der Waals surface area contributed by atoms with Gasteiger partial charge in [-0.3, -0.25) is 4.79 Å². The van der Waals surface area contributed by atoms with Gasteiger partial charge in [-0.25, -0.2) is 8.42 Å². The van der Waals surface area contributed by atoms with E-state index in [1.165, 1.54) is 0 Å². The molecule has 0 radical (unpaired) electrons. The molecular weight excluding hydrogens is 312 g/mol. The van der Waals surface area contributed by atoms with E-state index in [1.807, 2.05) is 30.3 Å². The fourth-order valence-corrected chi connectivity index (χ4v) is 4.97. The Bertz CT molecular complexity index is 602. The van der Waals surface area contributed by atoms with Crippen molar-refractivity contribution in [2.45, 2.75) is 50.3 Å². The van der Waals surface area contributed by atoms with Gasteiger partial charge in [-0.15, -0.1) is 0 Å². The first-order valence-corrected chi connectivity index (χ1v) is 9.88. The van der Waals surface area contributed by atoms with E-state index in [4.69, 9.17) is 0 Å². The molecule has 1 N–H and O–H groups in total. The van der Waals surface area contributed by atoms with Gasteiger partial charge in [-0.05, 0) is 31.2 Å². The molecule has 0 aromatic heterocycles. The van der Waals surface area contributed by atoms with Gasteiger partial charge in [0.2, 0.25) is 15.9 Å². The predicted octanol–water partition coefficient (Wildman–Crippen LogP) is 2.29. The van der Waals surface area contributed by atoms with Crippen LogP contribution in [0.3, 0.4) is 0 Å². The molecule has 1 aromatic rings. The van der Waals surface area contributed by atoms with Crippen LogP contribution >= 0.6 is 0 Å². The van der Waals surface area contributed by atoms with Crippen molar-refractivity contribution in [1.82, 2.24) is 9.62 Å². The summed E-state index contributed by atoms with van der Waals surface area (Å²) in [5.74, 6) is 0.118. The molecule has 1 unspecified atom stereocenters. The van der Waals surface area contributed by atoms with E-state index in [-0.39, 0.29) is 17.7 Å². The van der Waals surface area contributed by atoms with Crippen molar-refractivity contribution in [1.29, 1.82) is 0 Å². The first-order valence-electron chi connectivity index (χ1n) is 8.27. The van der Waals surface area contributed by atoms with Gasteiger partial charge < -0.3 is 5.32 Å². The second kappa shape index (κ2) is 8.45. The fraction of sp³-hybridized carbons (Fsp3) is 0.588. The van der Waals surface area contributed by atoms with Gasteiger partial charge in [0.25, 0.3) is 0 Å². The molecular formula is C17H26N2O3S. The van der Waals surface area contributed by atoms with E-state index in [0.717, 1.165) is 37.7 Å². The smallest absolute Gasteiger partial charge is 0.219 e. The minimum atomic E-state index is -3.27. The van der Waals surface area contributed by atoms with E-state index >= 15 is 0 Å². The maximum atomic E-state index is 12.7. The van der Waals surface area contributed by atoms with Crippen LogP contribution in [0, 0.1) is 0 Å². The Hall–Kier alpha value is -1.40. The highest BCUT2D eigenvalue weighted by atomic mass is 32.2. The Morgan fingerprint density at radius 3 is 2.70 bits per heavy atom. The molecule has 1 atom stereocenters. The molecule has 1 aliphatic heterocycles. The highest BCUT2D eigenvalue weighted by Crippen LogP contribution is 2.27. The zero-order valence-electron chi connectivity index (χ0n) is 13.7. The van der Waals surface area contributed by atoms with Gasteiger partial charge >= 0.3 is 0 Å². The number of amides is 1. The number of carbonyl (C=O) groups excluding carboxylic acids is 1. The van der Waals surface area contributed by atoms with Gasteiger partial charge in [-0.2, -0.15) is 4.31 Å². The number of carbonyl (C=O) groups is 1. The number of unbranched alkanes of at least 4 members (excludes halogenated alkanes) is 1. The quantitative estimate of drug-likeness (QED) is 0.740. The van der Waals surface area contributed by atoms with Crippen molar-refractivity contribution in [3.8, 4) is 0 Å². The summed E-state index contributed by atoms with van der Waals surface area (Å²) in [6.45, 7) is 0.620. The van der Waals surface area contributed by atoms with Crippen molar-refractivity contribution >= 4 is 15.9 Å². The number of hydrogen-bond donors (Lipinski definition) is 1. The number of sulfonamides is 1. The SMILES string of the molecule is CNC(=O)CCCCC1CCCN1S(=O)(=O)Cc1ccccc1. The molecule has 128 valence electrons. The lowest BCUT2D eigenvalue weighted by molar-refractivity contribution is -0.120. The highest BCUT2D eigenvalue weighted by molar-refractivity contribution is 7.88. The lowest BCUT2D eigenvalue weighted by Crippen LogP contribution is -2.36. The van der Waals surface area contributed by atoms with Gasteiger partial charge in [0, 0.05) is 26.1 Å². The van der Waals surface area contributed by atoms with Crippen molar-refractivity contribution in [3.63, 3.8) is 0 Å². The summed E-state index contributed by atoms with van der Waals surface area (Å²) in [4.78, 5) is 11.2.